The fourth-order valence-electron chi connectivity index (χ4n) is 2.12. The van der Waals surface area contributed by atoms with Crippen LogP contribution in [0.1, 0.15) is 36.4 Å². The van der Waals surface area contributed by atoms with Crippen molar-refractivity contribution in [2.24, 2.45) is 0 Å². The van der Waals surface area contributed by atoms with Crippen molar-refractivity contribution in [1.29, 1.82) is 5.26 Å². The third-order valence-electron chi connectivity index (χ3n) is 3.13. The normalized spacial score (nSPS) is 10.3. The summed E-state index contributed by atoms with van der Waals surface area (Å²) in [7, 11) is 0. The van der Waals surface area contributed by atoms with Crippen molar-refractivity contribution in [3.63, 3.8) is 0 Å². The second-order valence-electron chi connectivity index (χ2n) is 4.33. The number of para-hydroxylation sites is 1. The monoisotopic (exact) mass is 239 g/mol. The summed E-state index contributed by atoms with van der Waals surface area (Å²) in [5.41, 5.74) is 4.89. The van der Waals surface area contributed by atoms with Crippen LogP contribution in [0.3, 0.4) is 0 Å². The van der Waals surface area contributed by atoms with Crippen molar-refractivity contribution in [2.45, 2.75) is 33.6 Å². The Morgan fingerprint density at radius 1 is 1.28 bits per heavy atom. The predicted molar refractivity (Wildman–Crippen MR) is 71.8 cm³/mol. The van der Waals surface area contributed by atoms with E-state index in [1.54, 1.807) is 0 Å². The Bertz CT molecular complexity index is 603. The van der Waals surface area contributed by atoms with Crippen molar-refractivity contribution in [2.75, 3.05) is 0 Å². The van der Waals surface area contributed by atoms with Crippen LogP contribution in [0.2, 0.25) is 0 Å². The maximum absolute atomic E-state index is 9.24. The Kier molecular flexibility index (Phi) is 3.47. The van der Waals surface area contributed by atoms with Crippen LogP contribution < -0.4 is 0 Å². The molecule has 3 heteroatoms. The van der Waals surface area contributed by atoms with Crippen LogP contribution in [-0.2, 0) is 12.8 Å². The minimum absolute atomic E-state index is 0.676. The molecule has 1 aromatic heterocycles. The topological polar surface area (TPSA) is 41.6 Å². The lowest BCUT2D eigenvalue weighted by Gasteiger charge is -2.10. The highest BCUT2D eigenvalue weighted by molar-refractivity contribution is 5.54. The number of nitriles is 1. The lowest BCUT2D eigenvalue weighted by Crippen LogP contribution is -2.06. The van der Waals surface area contributed by atoms with Crippen LogP contribution in [0.5, 0.6) is 0 Å². The van der Waals surface area contributed by atoms with Crippen molar-refractivity contribution in [3.05, 3.63) is 46.8 Å². The van der Waals surface area contributed by atoms with Crippen LogP contribution in [0.15, 0.2) is 24.3 Å². The zero-order valence-corrected chi connectivity index (χ0v) is 11.1. The molecule has 1 heterocycles. The zero-order valence-electron chi connectivity index (χ0n) is 11.1. The van der Waals surface area contributed by atoms with Gasteiger partial charge in [-0.1, -0.05) is 26.0 Å². The van der Waals surface area contributed by atoms with E-state index in [4.69, 9.17) is 0 Å². The van der Waals surface area contributed by atoms with Crippen LogP contribution in [0, 0.1) is 18.3 Å². The molecule has 18 heavy (non-hydrogen) atoms. The molecule has 0 fully saturated rings. The van der Waals surface area contributed by atoms with Crippen molar-refractivity contribution >= 4 is 0 Å². The van der Waals surface area contributed by atoms with Gasteiger partial charge in [-0.25, -0.2) is 4.68 Å². The van der Waals surface area contributed by atoms with E-state index in [1.807, 2.05) is 29.8 Å². The highest BCUT2D eigenvalue weighted by atomic mass is 15.3. The first kappa shape index (κ1) is 12.4. The molecule has 2 rings (SSSR count). The number of rotatable bonds is 3. The largest absolute Gasteiger partial charge is 0.236 e. The van der Waals surface area contributed by atoms with E-state index in [9.17, 15) is 5.26 Å². The molecule has 0 aliphatic carbocycles. The summed E-state index contributed by atoms with van der Waals surface area (Å²) in [5, 5.41) is 13.8. The van der Waals surface area contributed by atoms with Gasteiger partial charge >= 0.3 is 0 Å². The summed E-state index contributed by atoms with van der Waals surface area (Å²) in [6.07, 6.45) is 1.82. The number of nitrogens with zero attached hydrogens (tertiary/aromatic N) is 3. The van der Waals surface area contributed by atoms with Gasteiger partial charge in [-0.3, -0.25) is 0 Å². The Hall–Kier alpha value is -2.08. The zero-order chi connectivity index (χ0) is 13.1. The second kappa shape index (κ2) is 5.05. The number of aryl methyl sites for hydroxylation is 3. The molecule has 0 N–H and O–H groups in total. The van der Waals surface area contributed by atoms with Gasteiger partial charge < -0.3 is 0 Å². The Balaban J connectivity index is 2.69. The molecule has 2 aromatic rings. The summed E-state index contributed by atoms with van der Waals surface area (Å²) in [5.74, 6) is 0. The number of hydrogen-bond acceptors (Lipinski definition) is 2. The standard InChI is InChI=1S/C15H17N3/c1-4-13-9-14(5-2)18(17-13)15-11(3)7-6-8-12(15)10-16/h6-9H,4-5H2,1-3H3. The third-order valence-corrected chi connectivity index (χ3v) is 3.13. The molecule has 0 amide bonds. The molecule has 1 aromatic carbocycles. The van der Waals surface area contributed by atoms with E-state index < -0.39 is 0 Å². The van der Waals surface area contributed by atoms with Gasteiger partial charge in [-0.05, 0) is 37.5 Å². The van der Waals surface area contributed by atoms with Crippen LogP contribution in [0.4, 0.5) is 0 Å². The van der Waals surface area contributed by atoms with E-state index in [2.05, 4.69) is 31.1 Å². The molecular formula is C15H17N3. The first-order valence-electron chi connectivity index (χ1n) is 6.29. The minimum Gasteiger partial charge on any atom is -0.236 e. The maximum Gasteiger partial charge on any atom is 0.101 e. The first-order chi connectivity index (χ1) is 8.71. The smallest absolute Gasteiger partial charge is 0.101 e. The summed E-state index contributed by atoms with van der Waals surface area (Å²) in [4.78, 5) is 0. The molecule has 0 atom stereocenters. The summed E-state index contributed by atoms with van der Waals surface area (Å²) < 4.78 is 1.92. The highest BCUT2D eigenvalue weighted by Gasteiger charge is 2.13. The van der Waals surface area contributed by atoms with Crippen molar-refractivity contribution in [3.8, 4) is 11.8 Å². The molecule has 92 valence electrons. The van der Waals surface area contributed by atoms with Gasteiger partial charge in [0.15, 0.2) is 0 Å². The van der Waals surface area contributed by atoms with Crippen LogP contribution in [0.25, 0.3) is 5.69 Å². The molecule has 3 nitrogen and oxygen atoms in total. The average Bonchev–Trinajstić information content (AvgIpc) is 2.81. The summed E-state index contributed by atoms with van der Waals surface area (Å²) in [6.45, 7) is 6.22. The second-order valence-corrected chi connectivity index (χ2v) is 4.33. The minimum atomic E-state index is 0.676. The van der Waals surface area contributed by atoms with Gasteiger partial charge in [0.2, 0.25) is 0 Å². The van der Waals surface area contributed by atoms with Gasteiger partial charge in [0.25, 0.3) is 0 Å². The third kappa shape index (κ3) is 2.02. The molecule has 0 spiro atoms. The number of hydrogen-bond donors (Lipinski definition) is 0. The molecule has 0 aliphatic rings. The van der Waals surface area contributed by atoms with Crippen molar-refractivity contribution < 1.29 is 0 Å². The van der Waals surface area contributed by atoms with Gasteiger partial charge in [-0.2, -0.15) is 10.4 Å². The van der Waals surface area contributed by atoms with E-state index in [0.717, 1.165) is 35.5 Å². The average molecular weight is 239 g/mol. The fourth-order valence-corrected chi connectivity index (χ4v) is 2.12. The molecule has 0 aliphatic heterocycles. The van der Waals surface area contributed by atoms with E-state index in [0.29, 0.717) is 5.56 Å². The SMILES string of the molecule is CCc1cc(CC)n(-c2c(C)cccc2C#N)n1. The summed E-state index contributed by atoms with van der Waals surface area (Å²) >= 11 is 0. The van der Waals surface area contributed by atoms with Gasteiger partial charge in [-0.15, -0.1) is 0 Å². The quantitative estimate of drug-likeness (QED) is 0.825. The van der Waals surface area contributed by atoms with Crippen molar-refractivity contribution in [1.82, 2.24) is 9.78 Å². The Morgan fingerprint density at radius 3 is 2.67 bits per heavy atom. The molecule has 0 bridgehead atoms. The molecular weight excluding hydrogens is 222 g/mol. The lowest BCUT2D eigenvalue weighted by atomic mass is 10.1. The van der Waals surface area contributed by atoms with Crippen LogP contribution >= 0.6 is 0 Å². The fraction of sp³-hybridized carbons (Fsp3) is 0.333. The summed E-state index contributed by atoms with van der Waals surface area (Å²) in [6, 6.07) is 10.1. The number of benzene rings is 1. The molecule has 0 unspecified atom stereocenters. The van der Waals surface area contributed by atoms with E-state index in [1.165, 1.54) is 0 Å². The first-order valence-corrected chi connectivity index (χ1v) is 6.29. The van der Waals surface area contributed by atoms with Gasteiger partial charge in [0, 0.05) is 5.69 Å². The molecule has 0 saturated carbocycles. The predicted octanol–water partition coefficient (Wildman–Crippen LogP) is 3.18. The highest BCUT2D eigenvalue weighted by Crippen LogP contribution is 2.21. The van der Waals surface area contributed by atoms with Crippen LogP contribution in [-0.4, -0.2) is 9.78 Å². The molecule has 0 saturated heterocycles. The molecule has 0 radical (unpaired) electrons. The number of aromatic nitrogens is 2. The Morgan fingerprint density at radius 2 is 2.06 bits per heavy atom. The van der Waals surface area contributed by atoms with Gasteiger partial charge in [0.1, 0.15) is 6.07 Å². The van der Waals surface area contributed by atoms with Gasteiger partial charge in [0.05, 0.1) is 16.9 Å². The van der Waals surface area contributed by atoms with E-state index >= 15 is 0 Å². The lowest BCUT2D eigenvalue weighted by molar-refractivity contribution is 0.787. The Labute approximate surface area is 108 Å². The maximum atomic E-state index is 9.24. The van der Waals surface area contributed by atoms with E-state index in [-0.39, 0.29) is 0 Å².